The first-order chi connectivity index (χ1) is 18.7. The Balaban J connectivity index is 1.22. The summed E-state index contributed by atoms with van der Waals surface area (Å²) in [5, 5.41) is 30.4. The lowest BCUT2D eigenvalue weighted by Crippen LogP contribution is -2.66. The standard InChI is InChI=1S/C29H38O10/c1-18(32)21(35-10-8-20-12-26(34)36-15-20)5-3-4-6-25(33)39-22-13-24-29(17-37-29)27(22,2)28(16-31)9-7-19(14-30)11-23(28)38-24/h3-6,11-12,18,21-24,30-32H,7-10,13-17H2,1-2H3/b5-3+,6-4-/t18?,21?,22-,23-,24-,27-,28-,29+/m1/s1. The van der Waals surface area contributed by atoms with E-state index < -0.39 is 40.7 Å². The molecule has 0 amide bonds. The van der Waals surface area contributed by atoms with Crippen LogP contribution in [-0.2, 0) is 33.3 Å². The average molecular weight is 547 g/mol. The van der Waals surface area contributed by atoms with Gasteiger partial charge in [0.25, 0.3) is 0 Å². The Hall–Kier alpha value is -2.34. The number of hydrogen-bond acceptors (Lipinski definition) is 10. The molecule has 2 saturated heterocycles. The predicted octanol–water partition coefficient (Wildman–Crippen LogP) is 1.29. The summed E-state index contributed by atoms with van der Waals surface area (Å²) in [4.78, 5) is 24.0. The molecule has 0 radical (unpaired) electrons. The van der Waals surface area contributed by atoms with Crippen LogP contribution >= 0.6 is 0 Å². The molecule has 1 spiro atoms. The molecule has 8 atom stereocenters. The highest BCUT2D eigenvalue weighted by molar-refractivity contribution is 5.85. The molecule has 0 aromatic heterocycles. The van der Waals surface area contributed by atoms with Crippen LogP contribution in [0.4, 0.5) is 0 Å². The predicted molar refractivity (Wildman–Crippen MR) is 137 cm³/mol. The number of epoxide rings is 1. The molecule has 3 heterocycles. The number of rotatable bonds is 11. The third-order valence-corrected chi connectivity index (χ3v) is 9.41. The highest BCUT2D eigenvalue weighted by Crippen LogP contribution is 2.71. The molecule has 214 valence electrons. The normalized spacial score (nSPS) is 38.5. The van der Waals surface area contributed by atoms with Gasteiger partial charge in [0.2, 0.25) is 0 Å². The van der Waals surface area contributed by atoms with Crippen molar-refractivity contribution in [3.63, 3.8) is 0 Å². The van der Waals surface area contributed by atoms with Crippen LogP contribution in [-0.4, -0.2) is 96.4 Å². The molecule has 39 heavy (non-hydrogen) atoms. The van der Waals surface area contributed by atoms with Gasteiger partial charge in [-0.2, -0.15) is 0 Å². The van der Waals surface area contributed by atoms with Crippen molar-refractivity contribution in [1.29, 1.82) is 0 Å². The van der Waals surface area contributed by atoms with Crippen molar-refractivity contribution in [3.8, 4) is 0 Å². The van der Waals surface area contributed by atoms with Gasteiger partial charge in [-0.25, -0.2) is 9.59 Å². The van der Waals surface area contributed by atoms with E-state index in [0.717, 1.165) is 11.1 Å². The number of allylic oxidation sites excluding steroid dienone is 2. The van der Waals surface area contributed by atoms with Crippen LogP contribution < -0.4 is 0 Å². The fraction of sp³-hybridized carbons (Fsp3) is 0.655. The van der Waals surface area contributed by atoms with E-state index in [2.05, 4.69) is 0 Å². The molecule has 2 bridgehead atoms. The van der Waals surface area contributed by atoms with Crippen molar-refractivity contribution < 1.29 is 48.6 Å². The second kappa shape index (κ2) is 10.9. The molecule has 5 aliphatic rings. The van der Waals surface area contributed by atoms with Crippen molar-refractivity contribution >= 4 is 11.9 Å². The Bertz CT molecular complexity index is 1090. The third kappa shape index (κ3) is 4.81. The topological polar surface area (TPSA) is 144 Å². The smallest absolute Gasteiger partial charge is 0.331 e. The van der Waals surface area contributed by atoms with E-state index in [0.29, 0.717) is 38.9 Å². The number of ether oxygens (including phenoxy) is 5. The van der Waals surface area contributed by atoms with Crippen molar-refractivity contribution in [2.24, 2.45) is 10.8 Å². The van der Waals surface area contributed by atoms with Gasteiger partial charge in [0.1, 0.15) is 24.4 Å². The fourth-order valence-corrected chi connectivity index (χ4v) is 6.94. The van der Waals surface area contributed by atoms with E-state index in [1.54, 1.807) is 19.1 Å². The Morgan fingerprint density at radius 3 is 2.72 bits per heavy atom. The molecule has 3 fully saturated rings. The first-order valence-electron chi connectivity index (χ1n) is 13.6. The number of cyclic esters (lactones) is 1. The zero-order valence-electron chi connectivity index (χ0n) is 22.4. The number of hydrogen-bond donors (Lipinski definition) is 3. The molecule has 10 heteroatoms. The highest BCUT2D eigenvalue weighted by atomic mass is 16.6. The average Bonchev–Trinajstić information content (AvgIpc) is 3.59. The number of esters is 2. The summed E-state index contributed by atoms with van der Waals surface area (Å²) in [7, 11) is 0. The molecule has 0 aromatic rings. The maximum atomic E-state index is 12.9. The Labute approximate surface area is 227 Å². The van der Waals surface area contributed by atoms with Gasteiger partial charge in [0.05, 0.1) is 44.7 Å². The van der Waals surface area contributed by atoms with E-state index in [1.165, 1.54) is 18.2 Å². The van der Waals surface area contributed by atoms with Crippen LogP contribution in [0.1, 0.15) is 39.5 Å². The maximum Gasteiger partial charge on any atom is 0.331 e. The van der Waals surface area contributed by atoms with Gasteiger partial charge in [-0.15, -0.1) is 0 Å². The molecule has 3 aliphatic heterocycles. The van der Waals surface area contributed by atoms with Crippen molar-refractivity contribution in [2.75, 3.05) is 33.0 Å². The maximum absolute atomic E-state index is 12.9. The Morgan fingerprint density at radius 1 is 1.28 bits per heavy atom. The van der Waals surface area contributed by atoms with E-state index in [-0.39, 0.29) is 38.0 Å². The fourth-order valence-electron chi connectivity index (χ4n) is 6.94. The molecule has 3 N–H and O–H groups in total. The molecule has 0 aromatic carbocycles. The van der Waals surface area contributed by atoms with Crippen molar-refractivity contribution in [1.82, 2.24) is 0 Å². The van der Waals surface area contributed by atoms with Crippen LogP contribution in [0.15, 0.2) is 47.6 Å². The molecular formula is C29H38O10. The zero-order valence-corrected chi connectivity index (χ0v) is 22.4. The minimum absolute atomic E-state index is 0.0455. The van der Waals surface area contributed by atoms with Crippen LogP contribution in [0.2, 0.25) is 0 Å². The molecular weight excluding hydrogens is 508 g/mol. The van der Waals surface area contributed by atoms with E-state index in [1.807, 2.05) is 13.0 Å². The first-order valence-corrected chi connectivity index (χ1v) is 13.6. The van der Waals surface area contributed by atoms with Crippen molar-refractivity contribution in [2.45, 2.75) is 75.7 Å². The summed E-state index contributed by atoms with van der Waals surface area (Å²) in [6.07, 6.45) is 9.21. The van der Waals surface area contributed by atoms with E-state index in [9.17, 15) is 24.9 Å². The summed E-state index contributed by atoms with van der Waals surface area (Å²) < 4.78 is 29.0. The number of carbonyl (C=O) groups excluding carboxylic acids is 2. The molecule has 2 aliphatic carbocycles. The van der Waals surface area contributed by atoms with Gasteiger partial charge in [-0.3, -0.25) is 0 Å². The summed E-state index contributed by atoms with van der Waals surface area (Å²) in [6.45, 7) is 4.53. The summed E-state index contributed by atoms with van der Waals surface area (Å²) in [5.41, 5.74) is -0.213. The van der Waals surface area contributed by atoms with E-state index in [4.69, 9.17) is 23.7 Å². The van der Waals surface area contributed by atoms with Gasteiger partial charge < -0.3 is 39.0 Å². The Morgan fingerprint density at radius 2 is 2.08 bits per heavy atom. The van der Waals surface area contributed by atoms with Gasteiger partial charge >= 0.3 is 11.9 Å². The van der Waals surface area contributed by atoms with Gasteiger partial charge in [0, 0.05) is 29.4 Å². The lowest BCUT2D eigenvalue weighted by molar-refractivity contribution is -0.228. The second-order valence-corrected chi connectivity index (χ2v) is 11.4. The van der Waals surface area contributed by atoms with Gasteiger partial charge in [-0.05, 0) is 37.3 Å². The quantitative estimate of drug-likeness (QED) is 0.114. The Kier molecular flexibility index (Phi) is 7.89. The molecule has 2 unspecified atom stereocenters. The minimum Gasteiger partial charge on any atom is -0.458 e. The number of aliphatic hydroxyl groups excluding tert-OH is 3. The summed E-state index contributed by atoms with van der Waals surface area (Å²) in [5.74, 6) is -0.872. The lowest BCUT2D eigenvalue weighted by Gasteiger charge is -2.58. The largest absolute Gasteiger partial charge is 0.458 e. The molecule has 5 rings (SSSR count). The molecule has 1 saturated carbocycles. The molecule has 10 nitrogen and oxygen atoms in total. The zero-order chi connectivity index (χ0) is 27.8. The van der Waals surface area contributed by atoms with Gasteiger partial charge in [0.15, 0.2) is 0 Å². The monoisotopic (exact) mass is 546 g/mol. The summed E-state index contributed by atoms with van der Waals surface area (Å²) >= 11 is 0. The third-order valence-electron chi connectivity index (χ3n) is 9.41. The first kappa shape index (κ1) is 28.2. The second-order valence-electron chi connectivity index (χ2n) is 11.4. The number of fused-ring (bicyclic) bond motifs is 2. The summed E-state index contributed by atoms with van der Waals surface area (Å²) in [6, 6.07) is 0. The van der Waals surface area contributed by atoms with Crippen LogP contribution in [0, 0.1) is 10.8 Å². The van der Waals surface area contributed by atoms with E-state index >= 15 is 0 Å². The van der Waals surface area contributed by atoms with Crippen LogP contribution in [0.25, 0.3) is 0 Å². The van der Waals surface area contributed by atoms with Crippen molar-refractivity contribution in [3.05, 3.63) is 47.6 Å². The lowest BCUT2D eigenvalue weighted by atomic mass is 9.51. The number of aliphatic hydroxyl groups is 3. The SMILES string of the molecule is CC(O)C(/C=C/C=C\C(=O)O[C@@H]1C[C@H]2O[C@@H]3C=C(CO)CC[C@]3(CO)[C@]1(C)[C@]21CO1)OCCC1=CC(=O)OC1. The van der Waals surface area contributed by atoms with Crippen LogP contribution in [0.5, 0.6) is 0 Å². The highest BCUT2D eigenvalue weighted by Gasteiger charge is 2.82. The minimum atomic E-state index is -0.775. The number of carbonyl (C=O) groups is 2. The van der Waals surface area contributed by atoms with Crippen LogP contribution in [0.3, 0.4) is 0 Å². The van der Waals surface area contributed by atoms with Gasteiger partial charge in [-0.1, -0.05) is 31.2 Å².